The highest BCUT2D eigenvalue weighted by Crippen LogP contribution is 2.49. The molecule has 0 aromatic rings. The number of carbonyl (C=O) groups is 1. The normalized spacial score (nSPS) is 28.0. The van der Waals surface area contributed by atoms with E-state index in [9.17, 15) is 4.79 Å². The number of hydrogen-bond acceptors (Lipinski definition) is 4. The summed E-state index contributed by atoms with van der Waals surface area (Å²) < 4.78 is 16.9. The zero-order valence-corrected chi connectivity index (χ0v) is 17.7. The maximum absolute atomic E-state index is 11.8. The van der Waals surface area contributed by atoms with Gasteiger partial charge in [0.2, 0.25) is 0 Å². The van der Waals surface area contributed by atoms with Crippen molar-refractivity contribution in [2.24, 2.45) is 28.6 Å². The SMILES string of the molecule is COCCCOCC1CC(C(C)(C)C)C(OC(C)=O)C(C(C)(C)C)C1. The number of hydrogen-bond donors (Lipinski definition) is 0. The third-order valence-corrected chi connectivity index (χ3v) is 5.49. The molecular weight excluding hydrogens is 316 g/mol. The molecule has 0 saturated heterocycles. The van der Waals surface area contributed by atoms with Crippen molar-refractivity contribution in [1.29, 1.82) is 0 Å². The van der Waals surface area contributed by atoms with Gasteiger partial charge in [-0.3, -0.25) is 4.79 Å². The van der Waals surface area contributed by atoms with Gasteiger partial charge in [-0.2, -0.15) is 0 Å². The van der Waals surface area contributed by atoms with Crippen molar-refractivity contribution in [3.63, 3.8) is 0 Å². The van der Waals surface area contributed by atoms with Crippen LogP contribution in [-0.2, 0) is 19.0 Å². The van der Waals surface area contributed by atoms with E-state index in [0.29, 0.717) is 17.8 Å². The fraction of sp³-hybridized carbons (Fsp3) is 0.952. The molecule has 0 heterocycles. The van der Waals surface area contributed by atoms with Crippen LogP contribution in [-0.4, -0.2) is 39.0 Å². The van der Waals surface area contributed by atoms with Crippen molar-refractivity contribution in [3.05, 3.63) is 0 Å². The third-order valence-electron chi connectivity index (χ3n) is 5.49. The maximum Gasteiger partial charge on any atom is 0.302 e. The highest BCUT2D eigenvalue weighted by molar-refractivity contribution is 5.66. The third kappa shape index (κ3) is 7.26. The zero-order valence-electron chi connectivity index (χ0n) is 17.7. The van der Waals surface area contributed by atoms with Crippen molar-refractivity contribution < 1.29 is 19.0 Å². The predicted molar refractivity (Wildman–Crippen MR) is 101 cm³/mol. The molecule has 0 aromatic carbocycles. The van der Waals surface area contributed by atoms with Crippen LogP contribution in [0.4, 0.5) is 0 Å². The number of rotatable bonds is 7. The Hall–Kier alpha value is -0.610. The van der Waals surface area contributed by atoms with E-state index in [2.05, 4.69) is 41.5 Å². The minimum absolute atomic E-state index is 0.0118. The summed E-state index contributed by atoms with van der Waals surface area (Å²) in [7, 11) is 1.72. The summed E-state index contributed by atoms with van der Waals surface area (Å²) >= 11 is 0. The van der Waals surface area contributed by atoms with Crippen LogP contribution >= 0.6 is 0 Å². The molecule has 2 unspecified atom stereocenters. The summed E-state index contributed by atoms with van der Waals surface area (Å²) in [6.07, 6.45) is 3.03. The fourth-order valence-corrected chi connectivity index (χ4v) is 4.10. The second-order valence-electron chi connectivity index (χ2n) is 9.78. The molecule has 4 heteroatoms. The van der Waals surface area contributed by atoms with Gasteiger partial charge in [-0.1, -0.05) is 41.5 Å². The summed E-state index contributed by atoms with van der Waals surface area (Å²) in [5, 5.41) is 0. The molecular formula is C21H40O4. The number of methoxy groups -OCH3 is 1. The lowest BCUT2D eigenvalue weighted by Gasteiger charge is -2.50. The summed E-state index contributed by atoms with van der Waals surface area (Å²) in [4.78, 5) is 11.8. The van der Waals surface area contributed by atoms with Gasteiger partial charge in [0.15, 0.2) is 0 Å². The molecule has 1 saturated carbocycles. The Morgan fingerprint density at radius 2 is 1.48 bits per heavy atom. The number of esters is 1. The summed E-state index contributed by atoms with van der Waals surface area (Å²) in [5.74, 6) is 1.05. The van der Waals surface area contributed by atoms with Crippen LogP contribution in [0.3, 0.4) is 0 Å². The smallest absolute Gasteiger partial charge is 0.302 e. The van der Waals surface area contributed by atoms with Gasteiger partial charge in [0, 0.05) is 45.7 Å². The van der Waals surface area contributed by atoms with Crippen molar-refractivity contribution in [2.45, 2.75) is 73.8 Å². The van der Waals surface area contributed by atoms with Crippen LogP contribution in [0.1, 0.15) is 67.7 Å². The highest BCUT2D eigenvalue weighted by atomic mass is 16.5. The van der Waals surface area contributed by atoms with E-state index in [0.717, 1.165) is 39.1 Å². The van der Waals surface area contributed by atoms with Gasteiger partial charge >= 0.3 is 5.97 Å². The van der Waals surface area contributed by atoms with Crippen LogP contribution in [0.25, 0.3) is 0 Å². The first kappa shape index (κ1) is 22.4. The molecule has 0 N–H and O–H groups in total. The van der Waals surface area contributed by atoms with Gasteiger partial charge in [0.1, 0.15) is 6.10 Å². The van der Waals surface area contributed by atoms with Crippen LogP contribution in [0.5, 0.6) is 0 Å². The van der Waals surface area contributed by atoms with Crippen molar-refractivity contribution in [1.82, 2.24) is 0 Å². The molecule has 1 aliphatic rings. The van der Waals surface area contributed by atoms with Crippen LogP contribution < -0.4 is 0 Å². The quantitative estimate of drug-likeness (QED) is 0.490. The minimum atomic E-state index is -0.164. The predicted octanol–water partition coefficient (Wildman–Crippen LogP) is 4.71. The molecule has 2 atom stereocenters. The van der Waals surface area contributed by atoms with E-state index in [4.69, 9.17) is 14.2 Å². The molecule has 1 rings (SSSR count). The second-order valence-corrected chi connectivity index (χ2v) is 9.78. The molecule has 1 fully saturated rings. The molecule has 4 nitrogen and oxygen atoms in total. The molecule has 0 spiro atoms. The molecule has 0 aliphatic heterocycles. The maximum atomic E-state index is 11.8. The lowest BCUT2D eigenvalue weighted by Crippen LogP contribution is -2.50. The lowest BCUT2D eigenvalue weighted by atomic mass is 9.58. The molecule has 1 aliphatic carbocycles. The Morgan fingerprint density at radius 3 is 1.88 bits per heavy atom. The fourth-order valence-electron chi connectivity index (χ4n) is 4.10. The number of ether oxygens (including phenoxy) is 3. The minimum Gasteiger partial charge on any atom is -0.462 e. The first-order valence-electron chi connectivity index (χ1n) is 9.70. The Bertz CT molecular complexity index is 381. The first-order valence-corrected chi connectivity index (χ1v) is 9.70. The van der Waals surface area contributed by atoms with E-state index in [1.807, 2.05) is 0 Å². The molecule has 148 valence electrons. The van der Waals surface area contributed by atoms with Gasteiger partial charge in [-0.05, 0) is 36.0 Å². The number of carbonyl (C=O) groups excluding carboxylic acids is 1. The average Bonchev–Trinajstić information content (AvgIpc) is 2.45. The van der Waals surface area contributed by atoms with Gasteiger partial charge < -0.3 is 14.2 Å². The Morgan fingerprint density at radius 1 is 0.960 bits per heavy atom. The summed E-state index contributed by atoms with van der Waals surface area (Å²) in [6, 6.07) is 0. The first-order chi connectivity index (χ1) is 11.5. The van der Waals surface area contributed by atoms with Crippen LogP contribution in [0.15, 0.2) is 0 Å². The molecule has 0 bridgehead atoms. The summed E-state index contributed by atoms with van der Waals surface area (Å²) in [5.41, 5.74) is 0.191. The van der Waals surface area contributed by atoms with Gasteiger partial charge in [-0.25, -0.2) is 0 Å². The summed E-state index contributed by atoms with van der Waals surface area (Å²) in [6.45, 7) is 17.4. The van der Waals surface area contributed by atoms with Gasteiger partial charge in [0.05, 0.1) is 0 Å². The Balaban J connectivity index is 2.88. The average molecular weight is 357 g/mol. The highest BCUT2D eigenvalue weighted by Gasteiger charge is 2.48. The van der Waals surface area contributed by atoms with Gasteiger partial charge in [0.25, 0.3) is 0 Å². The van der Waals surface area contributed by atoms with E-state index >= 15 is 0 Å². The van der Waals surface area contributed by atoms with Crippen LogP contribution in [0, 0.1) is 28.6 Å². The second kappa shape index (κ2) is 9.36. The van der Waals surface area contributed by atoms with E-state index in [1.165, 1.54) is 6.92 Å². The van der Waals surface area contributed by atoms with Gasteiger partial charge in [-0.15, -0.1) is 0 Å². The van der Waals surface area contributed by atoms with Crippen molar-refractivity contribution in [3.8, 4) is 0 Å². The monoisotopic (exact) mass is 356 g/mol. The molecule has 0 aromatic heterocycles. The molecule has 25 heavy (non-hydrogen) atoms. The Labute approximate surface area is 155 Å². The van der Waals surface area contributed by atoms with E-state index in [-0.39, 0.29) is 22.9 Å². The van der Waals surface area contributed by atoms with Crippen molar-refractivity contribution in [2.75, 3.05) is 26.9 Å². The molecule has 0 radical (unpaired) electrons. The molecule has 0 amide bonds. The standard InChI is InChI=1S/C21H40O4/c1-15(22)25-19-17(20(2,3)4)12-16(13-18(19)21(5,6)7)14-24-11-9-10-23-8/h16-19H,9-14H2,1-8H3. The topological polar surface area (TPSA) is 44.8 Å². The van der Waals surface area contributed by atoms with Crippen molar-refractivity contribution >= 4 is 5.97 Å². The van der Waals surface area contributed by atoms with E-state index in [1.54, 1.807) is 7.11 Å². The van der Waals surface area contributed by atoms with E-state index < -0.39 is 0 Å². The lowest BCUT2D eigenvalue weighted by molar-refractivity contribution is -0.168. The van der Waals surface area contributed by atoms with Crippen LogP contribution in [0.2, 0.25) is 0 Å². The zero-order chi connectivity index (χ0) is 19.3. The Kier molecular flexibility index (Phi) is 8.40. The largest absolute Gasteiger partial charge is 0.462 e.